The summed E-state index contributed by atoms with van der Waals surface area (Å²) in [6.07, 6.45) is 0. The van der Waals surface area contributed by atoms with Gasteiger partial charge in [-0.05, 0) is 19.9 Å². The van der Waals surface area contributed by atoms with Gasteiger partial charge in [-0.25, -0.2) is 0 Å². The first-order valence-corrected chi connectivity index (χ1v) is 6.55. The van der Waals surface area contributed by atoms with Gasteiger partial charge < -0.3 is 24.0 Å². The summed E-state index contributed by atoms with van der Waals surface area (Å²) in [5, 5.41) is 11.1. The largest absolute Gasteiger partial charge is 1.00 e. The van der Waals surface area contributed by atoms with E-state index in [1.165, 1.54) is 6.07 Å². The number of carboxylic acid groups (broad SMARTS) is 1. The molecule has 1 aliphatic rings. The van der Waals surface area contributed by atoms with Gasteiger partial charge in [0.05, 0.1) is 31.3 Å². The zero-order valence-electron chi connectivity index (χ0n) is 12.3. The number of ether oxygens (including phenoxy) is 1. The second-order valence-corrected chi connectivity index (χ2v) is 5.08. The average Bonchev–Trinajstić information content (AvgIpc) is 2.81. The van der Waals surface area contributed by atoms with Crippen LogP contribution in [0.1, 0.15) is 24.2 Å². The fourth-order valence-electron chi connectivity index (χ4n) is 2.59. The van der Waals surface area contributed by atoms with Crippen molar-refractivity contribution in [2.75, 3.05) is 18.1 Å². The van der Waals surface area contributed by atoms with Crippen LogP contribution < -0.4 is 28.9 Å². The molecule has 0 unspecified atom stereocenters. The maximum atomic E-state index is 11.1. The van der Waals surface area contributed by atoms with Crippen LogP contribution in [0.5, 0.6) is 0 Å². The molecule has 1 aliphatic heterocycles. The van der Waals surface area contributed by atoms with Crippen molar-refractivity contribution in [3.63, 3.8) is 0 Å². The van der Waals surface area contributed by atoms with Crippen molar-refractivity contribution in [3.05, 3.63) is 23.8 Å². The van der Waals surface area contributed by atoms with E-state index in [0.29, 0.717) is 30.3 Å². The first-order chi connectivity index (χ1) is 9.58. The van der Waals surface area contributed by atoms with Crippen molar-refractivity contribution in [1.29, 1.82) is 0 Å². The van der Waals surface area contributed by atoms with Crippen LogP contribution in [0.2, 0.25) is 0 Å². The minimum atomic E-state index is -1.25. The molecule has 7 heteroatoms. The number of morpholine rings is 1. The van der Waals surface area contributed by atoms with Crippen molar-refractivity contribution in [2.24, 2.45) is 0 Å². The Morgan fingerprint density at radius 2 is 2.00 bits per heavy atom. The van der Waals surface area contributed by atoms with Crippen LogP contribution >= 0.6 is 0 Å². The average molecular weight is 282 g/mol. The van der Waals surface area contributed by atoms with Gasteiger partial charge in [0, 0.05) is 5.56 Å². The minimum Gasteiger partial charge on any atom is -0.545 e. The van der Waals surface area contributed by atoms with Gasteiger partial charge in [0.1, 0.15) is 5.52 Å². The maximum Gasteiger partial charge on any atom is 1.00 e. The molecule has 2 heterocycles. The number of hydrogen-bond acceptors (Lipinski definition) is 6. The molecule has 2 atom stereocenters. The van der Waals surface area contributed by atoms with Gasteiger partial charge in [-0.15, -0.1) is 0 Å². The Hall–Kier alpha value is -1.48. The molecule has 0 aliphatic carbocycles. The molecule has 21 heavy (non-hydrogen) atoms. The van der Waals surface area contributed by atoms with Crippen LogP contribution in [0.4, 0.5) is 6.01 Å². The number of carboxylic acids is 1. The van der Waals surface area contributed by atoms with Crippen LogP contribution in [0.15, 0.2) is 22.6 Å². The predicted octanol–water partition coefficient (Wildman–Crippen LogP) is -2.19. The van der Waals surface area contributed by atoms with Crippen molar-refractivity contribution >= 4 is 23.1 Å². The molecule has 1 aromatic carbocycles. The summed E-state index contributed by atoms with van der Waals surface area (Å²) in [6.45, 7) is 5.22. The third kappa shape index (κ3) is 2.79. The van der Waals surface area contributed by atoms with E-state index in [2.05, 4.69) is 4.98 Å². The van der Waals surface area contributed by atoms with Gasteiger partial charge in [0.2, 0.25) is 0 Å². The van der Waals surface area contributed by atoms with E-state index in [1.54, 1.807) is 12.1 Å². The van der Waals surface area contributed by atoms with Crippen LogP contribution in [-0.4, -0.2) is 36.3 Å². The SMILES string of the molecule is C[C@H]1COC[C@H](C)N1c1nc2c(C(=O)[O-])cccc2o1.[Li+]. The molecule has 106 valence electrons. The number of benzene rings is 1. The molecule has 0 N–H and O–H groups in total. The van der Waals surface area contributed by atoms with Crippen LogP contribution in [0.25, 0.3) is 11.1 Å². The second-order valence-electron chi connectivity index (χ2n) is 5.08. The number of carbonyl (C=O) groups is 1. The van der Waals surface area contributed by atoms with E-state index in [9.17, 15) is 9.90 Å². The monoisotopic (exact) mass is 282 g/mol. The fraction of sp³-hybridized carbons (Fsp3) is 0.429. The first kappa shape index (κ1) is 15.9. The molecular weight excluding hydrogens is 267 g/mol. The molecule has 1 aromatic heterocycles. The summed E-state index contributed by atoms with van der Waals surface area (Å²) in [4.78, 5) is 17.5. The summed E-state index contributed by atoms with van der Waals surface area (Å²) >= 11 is 0. The third-order valence-corrected chi connectivity index (χ3v) is 3.52. The number of rotatable bonds is 2. The van der Waals surface area contributed by atoms with E-state index in [4.69, 9.17) is 9.15 Å². The van der Waals surface area contributed by atoms with E-state index in [1.807, 2.05) is 18.7 Å². The summed E-state index contributed by atoms with van der Waals surface area (Å²) in [7, 11) is 0. The quantitative estimate of drug-likeness (QED) is 0.582. The van der Waals surface area contributed by atoms with Crippen molar-refractivity contribution in [3.8, 4) is 0 Å². The molecule has 0 bridgehead atoms. The molecule has 6 nitrogen and oxygen atoms in total. The Balaban J connectivity index is 0.00000161. The number of fused-ring (bicyclic) bond motifs is 1. The van der Waals surface area contributed by atoms with Gasteiger partial charge in [0.15, 0.2) is 5.58 Å². The molecule has 2 aromatic rings. The molecule has 0 radical (unpaired) electrons. The van der Waals surface area contributed by atoms with Crippen molar-refractivity contribution < 1.29 is 37.9 Å². The molecule has 1 fully saturated rings. The number of aromatic carboxylic acids is 1. The van der Waals surface area contributed by atoms with E-state index in [-0.39, 0.29) is 36.5 Å². The number of aromatic nitrogens is 1. The van der Waals surface area contributed by atoms with Gasteiger partial charge in [0.25, 0.3) is 6.01 Å². The van der Waals surface area contributed by atoms with Crippen LogP contribution in [0, 0.1) is 0 Å². The maximum absolute atomic E-state index is 11.1. The van der Waals surface area contributed by atoms with Crippen LogP contribution in [-0.2, 0) is 4.74 Å². The van der Waals surface area contributed by atoms with Crippen molar-refractivity contribution in [2.45, 2.75) is 25.9 Å². The zero-order valence-corrected chi connectivity index (χ0v) is 12.3. The molecular formula is C14H15LiN2O4. The Morgan fingerprint density at radius 1 is 1.33 bits per heavy atom. The Bertz CT molecular complexity index is 647. The van der Waals surface area contributed by atoms with E-state index < -0.39 is 5.97 Å². The Labute approximate surface area is 134 Å². The number of nitrogens with zero attached hydrogens (tertiary/aromatic N) is 2. The van der Waals surface area contributed by atoms with Gasteiger partial charge in [-0.2, -0.15) is 4.98 Å². The standard InChI is InChI=1S/C14H16N2O4.Li/c1-8-6-19-7-9(2)16(8)14-15-12-10(13(17)18)4-3-5-11(12)20-14;/h3-5,8-9H,6-7H2,1-2H3,(H,17,18);/q;+1/p-1/t8-,9-;/m0./s1. The first-order valence-electron chi connectivity index (χ1n) is 6.55. The Kier molecular flexibility index (Phi) is 4.62. The second kappa shape index (κ2) is 6.10. The number of carbonyl (C=O) groups excluding carboxylic acids is 1. The summed E-state index contributed by atoms with van der Waals surface area (Å²) in [6, 6.07) is 5.46. The molecule has 3 rings (SSSR count). The van der Waals surface area contributed by atoms with E-state index in [0.717, 1.165) is 0 Å². The summed E-state index contributed by atoms with van der Waals surface area (Å²) < 4.78 is 11.2. The van der Waals surface area contributed by atoms with Gasteiger partial charge >= 0.3 is 18.9 Å². The predicted molar refractivity (Wildman–Crippen MR) is 70.6 cm³/mol. The molecule has 0 amide bonds. The zero-order chi connectivity index (χ0) is 14.3. The topological polar surface area (TPSA) is 78.6 Å². The van der Waals surface area contributed by atoms with Crippen molar-refractivity contribution in [1.82, 2.24) is 4.98 Å². The molecule has 0 spiro atoms. The van der Waals surface area contributed by atoms with Gasteiger partial charge in [-0.3, -0.25) is 0 Å². The summed E-state index contributed by atoms with van der Waals surface area (Å²) in [5.41, 5.74) is 0.826. The smallest absolute Gasteiger partial charge is 0.545 e. The number of oxazole rings is 1. The number of anilines is 1. The fourth-order valence-corrected chi connectivity index (χ4v) is 2.59. The Morgan fingerprint density at radius 3 is 2.62 bits per heavy atom. The number of para-hydroxylation sites is 1. The summed E-state index contributed by atoms with van der Waals surface area (Å²) in [5.74, 6) is -1.25. The minimum absolute atomic E-state index is 0. The third-order valence-electron chi connectivity index (χ3n) is 3.52. The number of hydrogen-bond donors (Lipinski definition) is 0. The van der Waals surface area contributed by atoms with E-state index >= 15 is 0 Å². The molecule has 0 saturated carbocycles. The van der Waals surface area contributed by atoms with Gasteiger partial charge in [-0.1, -0.05) is 12.1 Å². The molecule has 1 saturated heterocycles. The normalized spacial score (nSPS) is 22.1. The van der Waals surface area contributed by atoms with Crippen LogP contribution in [0.3, 0.4) is 0 Å².